The number of anilines is 1. The van der Waals surface area contributed by atoms with Crippen molar-refractivity contribution in [3.63, 3.8) is 0 Å². The summed E-state index contributed by atoms with van der Waals surface area (Å²) in [6.45, 7) is 0.0135. The summed E-state index contributed by atoms with van der Waals surface area (Å²) in [5, 5.41) is 7.93. The molecule has 0 saturated carbocycles. The van der Waals surface area contributed by atoms with E-state index < -0.39 is 36.6 Å². The summed E-state index contributed by atoms with van der Waals surface area (Å²) >= 11 is 1.95. The second-order valence-electron chi connectivity index (χ2n) is 8.49. The molecule has 0 aromatic heterocycles. The van der Waals surface area contributed by atoms with Gasteiger partial charge in [0.05, 0.1) is 17.0 Å². The van der Waals surface area contributed by atoms with Crippen LogP contribution in [0.15, 0.2) is 54.6 Å². The summed E-state index contributed by atoms with van der Waals surface area (Å²) in [4.78, 5) is 61.8. The van der Waals surface area contributed by atoms with E-state index in [0.717, 1.165) is 5.56 Å². The molecule has 0 spiro atoms. The van der Waals surface area contributed by atoms with Gasteiger partial charge in [0.15, 0.2) is 5.78 Å². The quantitative estimate of drug-likeness (QED) is 0.0980. The number of ketones is 1. The first kappa shape index (κ1) is 28.5. The van der Waals surface area contributed by atoms with Crippen molar-refractivity contribution in [3.05, 3.63) is 65.7 Å². The molecule has 198 valence electrons. The third kappa shape index (κ3) is 10.8. The molecule has 0 radical (unpaired) electrons. The van der Waals surface area contributed by atoms with Gasteiger partial charge < -0.3 is 26.5 Å². The zero-order chi connectivity index (χ0) is 27.9. The number of aldehydes is 1. The van der Waals surface area contributed by atoms with Crippen LogP contribution in [-0.4, -0.2) is 53.3 Å². The smallest absolute Gasteiger partial charge is 0.251 e. The number of carbonyl (C=O) groups is 5. The van der Waals surface area contributed by atoms with Gasteiger partial charge in [-0.3, -0.25) is 19.2 Å². The van der Waals surface area contributed by atoms with Crippen LogP contribution in [0.2, 0.25) is 0 Å². The second-order valence-corrected chi connectivity index (χ2v) is 9.25. The number of amides is 3. The minimum atomic E-state index is -0.931. The van der Waals surface area contributed by atoms with Gasteiger partial charge in [-0.15, -0.1) is 0 Å². The van der Waals surface area contributed by atoms with Crippen LogP contribution in [-0.2, 0) is 25.6 Å². The van der Waals surface area contributed by atoms with E-state index in [4.69, 9.17) is 7.10 Å². The number of Topliss-reactive ketones (excluding diaryl/α,β-unsaturated/α-hetero) is 1. The van der Waals surface area contributed by atoms with Crippen molar-refractivity contribution in [2.75, 3.05) is 22.8 Å². The number of hydrogen-bond acceptors (Lipinski definition) is 6. The Labute approximate surface area is 231 Å². The average molecular weight is 621 g/mol. The fraction of sp³-hybridized carbons (Fsp3) is 0.370. The molecular formula is C27H33IN4O5. The predicted octanol–water partition coefficient (Wildman–Crippen LogP) is 2.42. The van der Waals surface area contributed by atoms with E-state index in [0.29, 0.717) is 41.5 Å². The zero-order valence-corrected chi connectivity index (χ0v) is 22.7. The standard InChI is InChI=1S/C27H33IN4O5/c28-18-25(35)31-22-11-9-20(10-12-22)27(37)32-23(16-19-6-2-1-3-7-19)24(34)17-21(8-4-5-13-29)26(36)30-14-15-33/h1-3,6-7,9-12,15,21,23H,4-5,8,13-14,16-18,29H2,(H,30,36)(H,31,35)(H,32,37)/t21-,23+/m1/s1/i15D. The number of halogens is 1. The molecule has 5 N–H and O–H groups in total. The topological polar surface area (TPSA) is 147 Å². The fourth-order valence-electron chi connectivity index (χ4n) is 3.75. The van der Waals surface area contributed by atoms with Crippen molar-refractivity contribution in [2.45, 2.75) is 38.1 Å². The SMILES string of the molecule is [2H]C(=O)CNC(=O)[C@H](CCCCN)CC(=O)[C@H](Cc1ccccc1)NC(=O)c1ccc(NC(=O)CI)cc1. The highest BCUT2D eigenvalue weighted by molar-refractivity contribution is 14.1. The molecule has 2 aromatic carbocycles. The maximum atomic E-state index is 13.4. The number of hydrogen-bond donors (Lipinski definition) is 4. The summed E-state index contributed by atoms with van der Waals surface area (Å²) in [5.41, 5.74) is 7.28. The Morgan fingerprint density at radius 2 is 1.73 bits per heavy atom. The largest absolute Gasteiger partial charge is 0.349 e. The number of unbranched alkanes of at least 4 members (excludes halogenated alkanes) is 1. The first-order chi connectivity index (χ1) is 18.2. The molecule has 0 bridgehead atoms. The Morgan fingerprint density at radius 1 is 1.03 bits per heavy atom. The van der Waals surface area contributed by atoms with E-state index >= 15 is 0 Å². The van der Waals surface area contributed by atoms with Crippen molar-refractivity contribution in [2.24, 2.45) is 11.7 Å². The number of benzene rings is 2. The number of nitrogens with one attached hydrogen (secondary N) is 3. The molecule has 0 unspecified atom stereocenters. The van der Waals surface area contributed by atoms with Crippen LogP contribution >= 0.6 is 22.6 Å². The van der Waals surface area contributed by atoms with Crippen molar-refractivity contribution < 1.29 is 25.3 Å². The van der Waals surface area contributed by atoms with Gasteiger partial charge in [0, 0.05) is 23.6 Å². The summed E-state index contributed by atoms with van der Waals surface area (Å²) in [5.74, 6) is -2.14. The molecule has 10 heteroatoms. The molecule has 2 rings (SSSR count). The molecule has 2 atom stereocenters. The van der Waals surface area contributed by atoms with Gasteiger partial charge in [0.25, 0.3) is 5.91 Å². The monoisotopic (exact) mass is 621 g/mol. The summed E-state index contributed by atoms with van der Waals surface area (Å²) in [6.07, 6.45) is 0.844. The molecule has 2 aromatic rings. The van der Waals surface area contributed by atoms with Crippen LogP contribution in [0.5, 0.6) is 0 Å². The lowest BCUT2D eigenvalue weighted by molar-refractivity contribution is -0.130. The molecule has 37 heavy (non-hydrogen) atoms. The highest BCUT2D eigenvalue weighted by Crippen LogP contribution is 2.17. The molecule has 0 heterocycles. The van der Waals surface area contributed by atoms with Crippen LogP contribution < -0.4 is 21.7 Å². The molecule has 3 amide bonds. The van der Waals surface area contributed by atoms with Gasteiger partial charge in [-0.2, -0.15) is 0 Å². The lowest BCUT2D eigenvalue weighted by Gasteiger charge is -2.21. The van der Waals surface area contributed by atoms with E-state index in [1.807, 2.05) is 52.9 Å². The molecule has 0 aliphatic carbocycles. The van der Waals surface area contributed by atoms with Crippen molar-refractivity contribution in [1.29, 1.82) is 0 Å². The van der Waals surface area contributed by atoms with Crippen LogP contribution in [0.25, 0.3) is 0 Å². The number of nitrogens with two attached hydrogens (primary N) is 1. The minimum absolute atomic E-state index is 0.137. The van der Waals surface area contributed by atoms with E-state index in [1.54, 1.807) is 24.3 Å². The van der Waals surface area contributed by atoms with Gasteiger partial charge in [-0.1, -0.05) is 59.3 Å². The molecule has 9 nitrogen and oxygen atoms in total. The Hall–Kier alpha value is -3.12. The lowest BCUT2D eigenvalue weighted by atomic mass is 9.90. The second kappa shape index (κ2) is 16.6. The summed E-state index contributed by atoms with van der Waals surface area (Å²) in [7, 11) is 0. The van der Waals surface area contributed by atoms with E-state index in [-0.39, 0.29) is 24.5 Å². The number of rotatable bonds is 16. The summed E-state index contributed by atoms with van der Waals surface area (Å²) in [6, 6.07) is 14.7. The fourth-order valence-corrected chi connectivity index (χ4v) is 3.94. The molecule has 0 fully saturated rings. The van der Waals surface area contributed by atoms with E-state index in [2.05, 4.69) is 16.0 Å². The average Bonchev–Trinajstić information content (AvgIpc) is 2.91. The van der Waals surface area contributed by atoms with Crippen molar-refractivity contribution in [1.82, 2.24) is 10.6 Å². The van der Waals surface area contributed by atoms with Gasteiger partial charge >= 0.3 is 0 Å². The maximum absolute atomic E-state index is 13.4. The molecular weight excluding hydrogens is 587 g/mol. The normalized spacial score (nSPS) is 12.5. The maximum Gasteiger partial charge on any atom is 0.251 e. The zero-order valence-electron chi connectivity index (χ0n) is 21.5. The Balaban J connectivity index is 2.19. The van der Waals surface area contributed by atoms with E-state index in [9.17, 15) is 24.0 Å². The first-order valence-corrected chi connectivity index (χ1v) is 13.6. The van der Waals surface area contributed by atoms with Crippen LogP contribution in [0.1, 0.15) is 43.0 Å². The van der Waals surface area contributed by atoms with Gasteiger partial charge in [0.2, 0.25) is 11.8 Å². The molecule has 0 aliphatic heterocycles. The Kier molecular flexibility index (Phi) is 12.8. The number of carbonyl (C=O) groups excluding carboxylic acids is 5. The summed E-state index contributed by atoms with van der Waals surface area (Å²) < 4.78 is 7.32. The number of alkyl halides is 1. The van der Waals surface area contributed by atoms with E-state index in [1.165, 1.54) is 0 Å². The van der Waals surface area contributed by atoms with Crippen LogP contribution in [0.4, 0.5) is 5.69 Å². The highest BCUT2D eigenvalue weighted by atomic mass is 127. The van der Waals surface area contributed by atoms with Crippen LogP contribution in [0, 0.1) is 5.92 Å². The van der Waals surface area contributed by atoms with Gasteiger partial charge in [-0.05, 0) is 55.6 Å². The molecule has 0 aliphatic rings. The lowest BCUT2D eigenvalue weighted by Crippen LogP contribution is -2.44. The minimum Gasteiger partial charge on any atom is -0.349 e. The Morgan fingerprint density at radius 3 is 2.35 bits per heavy atom. The predicted molar refractivity (Wildman–Crippen MR) is 150 cm³/mol. The highest BCUT2D eigenvalue weighted by Gasteiger charge is 2.28. The van der Waals surface area contributed by atoms with Gasteiger partial charge in [-0.25, -0.2) is 0 Å². The van der Waals surface area contributed by atoms with Crippen LogP contribution in [0.3, 0.4) is 0 Å². The third-order valence-electron chi connectivity index (χ3n) is 5.69. The van der Waals surface area contributed by atoms with Crippen molar-refractivity contribution >= 4 is 58.0 Å². The van der Waals surface area contributed by atoms with Gasteiger partial charge in [0.1, 0.15) is 7.63 Å². The molecule has 0 saturated heterocycles. The third-order valence-corrected chi connectivity index (χ3v) is 6.38. The first-order valence-electron chi connectivity index (χ1n) is 12.5. The Bertz CT molecular complexity index is 1100. The van der Waals surface area contributed by atoms with Crippen molar-refractivity contribution in [3.8, 4) is 0 Å².